The Balaban J connectivity index is 2.02. The van der Waals surface area contributed by atoms with Gasteiger partial charge in [-0.25, -0.2) is 4.79 Å². The number of carbonyl (C=O) groups excluding carboxylic acids is 1. The average molecular weight is 313 g/mol. The van der Waals surface area contributed by atoms with Crippen LogP contribution in [0.5, 0.6) is 0 Å². The molecule has 0 saturated carbocycles. The molecule has 1 amide bonds. The van der Waals surface area contributed by atoms with E-state index in [-0.39, 0.29) is 24.3 Å². The second kappa shape index (κ2) is 7.22. The van der Waals surface area contributed by atoms with Crippen molar-refractivity contribution in [2.75, 3.05) is 5.32 Å². The van der Waals surface area contributed by atoms with Crippen LogP contribution in [0, 0.1) is 0 Å². The van der Waals surface area contributed by atoms with Crippen LogP contribution in [-0.2, 0) is 22.4 Å². The van der Waals surface area contributed by atoms with Crippen LogP contribution in [0.25, 0.3) is 0 Å². The van der Waals surface area contributed by atoms with E-state index < -0.39 is 11.9 Å². The normalized spacial score (nSPS) is 10.1. The fraction of sp³-hybridized carbons (Fsp3) is 0.118. The van der Waals surface area contributed by atoms with Gasteiger partial charge in [-0.15, -0.1) is 0 Å². The van der Waals surface area contributed by atoms with E-state index in [2.05, 4.69) is 5.32 Å². The molecule has 0 heterocycles. The summed E-state index contributed by atoms with van der Waals surface area (Å²) in [5, 5.41) is 20.4. The Morgan fingerprint density at radius 3 is 2.13 bits per heavy atom. The lowest BCUT2D eigenvalue weighted by Gasteiger charge is -2.08. The minimum absolute atomic E-state index is 0.0562. The smallest absolute Gasteiger partial charge is 0.335 e. The number of aliphatic carboxylic acids is 1. The molecular formula is C17H15NO5. The molecule has 0 bridgehead atoms. The van der Waals surface area contributed by atoms with Crippen molar-refractivity contribution >= 4 is 23.5 Å². The van der Waals surface area contributed by atoms with Crippen LogP contribution in [0.15, 0.2) is 48.5 Å². The fourth-order valence-corrected chi connectivity index (χ4v) is 2.14. The van der Waals surface area contributed by atoms with E-state index >= 15 is 0 Å². The van der Waals surface area contributed by atoms with E-state index in [0.29, 0.717) is 16.8 Å². The summed E-state index contributed by atoms with van der Waals surface area (Å²) in [6.45, 7) is 0. The number of hydrogen-bond acceptors (Lipinski definition) is 3. The highest BCUT2D eigenvalue weighted by Crippen LogP contribution is 2.13. The molecule has 118 valence electrons. The van der Waals surface area contributed by atoms with Crippen LogP contribution in [0.1, 0.15) is 21.5 Å². The second-order valence-corrected chi connectivity index (χ2v) is 4.95. The predicted octanol–water partition coefficient (Wildman–Crippen LogP) is 2.19. The molecule has 0 saturated heterocycles. The van der Waals surface area contributed by atoms with Gasteiger partial charge in [0.15, 0.2) is 0 Å². The van der Waals surface area contributed by atoms with Crippen LogP contribution in [-0.4, -0.2) is 28.1 Å². The van der Waals surface area contributed by atoms with Crippen LogP contribution in [0.3, 0.4) is 0 Å². The number of anilines is 1. The van der Waals surface area contributed by atoms with Gasteiger partial charge in [-0.3, -0.25) is 9.59 Å². The zero-order chi connectivity index (χ0) is 16.8. The van der Waals surface area contributed by atoms with E-state index in [1.807, 2.05) is 0 Å². The molecule has 0 aliphatic rings. The minimum Gasteiger partial charge on any atom is -0.481 e. The largest absolute Gasteiger partial charge is 0.481 e. The molecule has 6 nitrogen and oxygen atoms in total. The van der Waals surface area contributed by atoms with Crippen molar-refractivity contribution in [3.63, 3.8) is 0 Å². The molecule has 0 aromatic heterocycles. The number of aromatic carboxylic acids is 1. The van der Waals surface area contributed by atoms with E-state index in [1.165, 1.54) is 6.07 Å². The SMILES string of the molecule is O=C(O)Cc1ccc(NC(=O)Cc2ccccc2C(=O)O)cc1. The first-order valence-electron chi connectivity index (χ1n) is 6.87. The van der Waals surface area contributed by atoms with E-state index in [9.17, 15) is 14.4 Å². The van der Waals surface area contributed by atoms with Gasteiger partial charge in [0.25, 0.3) is 0 Å². The Morgan fingerprint density at radius 1 is 0.870 bits per heavy atom. The highest BCUT2D eigenvalue weighted by Gasteiger charge is 2.12. The topological polar surface area (TPSA) is 104 Å². The Bertz CT molecular complexity index is 737. The lowest BCUT2D eigenvalue weighted by Crippen LogP contribution is -2.16. The van der Waals surface area contributed by atoms with E-state index in [4.69, 9.17) is 10.2 Å². The van der Waals surface area contributed by atoms with Crippen molar-refractivity contribution in [3.05, 3.63) is 65.2 Å². The van der Waals surface area contributed by atoms with Gasteiger partial charge < -0.3 is 15.5 Å². The Labute approximate surface area is 132 Å². The maximum Gasteiger partial charge on any atom is 0.335 e. The lowest BCUT2D eigenvalue weighted by atomic mass is 10.0. The monoisotopic (exact) mass is 313 g/mol. The van der Waals surface area contributed by atoms with Gasteiger partial charge in [0.05, 0.1) is 18.4 Å². The number of nitrogens with one attached hydrogen (secondary N) is 1. The first-order valence-corrected chi connectivity index (χ1v) is 6.87. The molecule has 0 fully saturated rings. The molecule has 2 rings (SSSR count). The summed E-state index contributed by atoms with van der Waals surface area (Å²) in [6, 6.07) is 12.8. The fourth-order valence-electron chi connectivity index (χ4n) is 2.14. The third-order valence-electron chi connectivity index (χ3n) is 3.19. The number of hydrogen-bond donors (Lipinski definition) is 3. The predicted molar refractivity (Wildman–Crippen MR) is 83.5 cm³/mol. The highest BCUT2D eigenvalue weighted by molar-refractivity contribution is 5.96. The first kappa shape index (κ1) is 16.2. The van der Waals surface area contributed by atoms with Gasteiger partial charge in [-0.1, -0.05) is 30.3 Å². The Kier molecular flexibility index (Phi) is 5.09. The van der Waals surface area contributed by atoms with Crippen LogP contribution in [0.4, 0.5) is 5.69 Å². The van der Waals surface area contributed by atoms with Crippen LogP contribution >= 0.6 is 0 Å². The maximum absolute atomic E-state index is 12.0. The van der Waals surface area contributed by atoms with Gasteiger partial charge in [0, 0.05) is 5.69 Å². The molecule has 0 aliphatic heterocycles. The van der Waals surface area contributed by atoms with Crippen molar-refractivity contribution in [1.29, 1.82) is 0 Å². The zero-order valence-corrected chi connectivity index (χ0v) is 12.2. The first-order chi connectivity index (χ1) is 11.0. The summed E-state index contributed by atoms with van der Waals surface area (Å²) in [5.74, 6) is -2.34. The second-order valence-electron chi connectivity index (χ2n) is 4.95. The molecular weight excluding hydrogens is 298 g/mol. The molecule has 0 spiro atoms. The van der Waals surface area contributed by atoms with Crippen molar-refractivity contribution < 1.29 is 24.6 Å². The Morgan fingerprint density at radius 2 is 1.52 bits per heavy atom. The zero-order valence-electron chi connectivity index (χ0n) is 12.2. The Hall–Kier alpha value is -3.15. The quantitative estimate of drug-likeness (QED) is 0.758. The molecule has 23 heavy (non-hydrogen) atoms. The molecule has 2 aromatic rings. The number of carboxylic acid groups (broad SMARTS) is 2. The number of amides is 1. The van der Waals surface area contributed by atoms with E-state index in [0.717, 1.165) is 0 Å². The number of carboxylic acids is 2. The molecule has 0 unspecified atom stereocenters. The minimum atomic E-state index is -1.08. The van der Waals surface area contributed by atoms with Gasteiger partial charge in [-0.2, -0.15) is 0 Å². The van der Waals surface area contributed by atoms with Crippen molar-refractivity contribution in [3.8, 4) is 0 Å². The standard InChI is InChI=1S/C17H15NO5/c19-15(10-12-3-1-2-4-14(12)17(22)23)18-13-7-5-11(6-8-13)9-16(20)21/h1-8H,9-10H2,(H,18,19)(H,20,21)(H,22,23). The summed E-state index contributed by atoms with van der Waals surface area (Å²) in [7, 11) is 0. The van der Waals surface area contributed by atoms with Crippen molar-refractivity contribution in [1.82, 2.24) is 0 Å². The summed E-state index contributed by atoms with van der Waals surface area (Å²) in [6.07, 6.45) is -0.139. The summed E-state index contributed by atoms with van der Waals surface area (Å²) >= 11 is 0. The van der Waals surface area contributed by atoms with Crippen molar-refractivity contribution in [2.24, 2.45) is 0 Å². The third-order valence-corrected chi connectivity index (χ3v) is 3.19. The lowest BCUT2D eigenvalue weighted by molar-refractivity contribution is -0.136. The van der Waals surface area contributed by atoms with Crippen LogP contribution in [0.2, 0.25) is 0 Å². The number of rotatable bonds is 6. The molecule has 0 aliphatic carbocycles. The average Bonchev–Trinajstić information content (AvgIpc) is 2.49. The summed E-state index contributed by atoms with van der Waals surface area (Å²) in [4.78, 5) is 33.7. The van der Waals surface area contributed by atoms with Crippen LogP contribution < -0.4 is 5.32 Å². The third kappa shape index (κ3) is 4.67. The number of carbonyl (C=O) groups is 3. The summed E-state index contributed by atoms with van der Waals surface area (Å²) in [5.41, 5.74) is 1.68. The van der Waals surface area contributed by atoms with Gasteiger partial charge in [0.2, 0.25) is 5.91 Å². The maximum atomic E-state index is 12.0. The molecule has 6 heteroatoms. The highest BCUT2D eigenvalue weighted by atomic mass is 16.4. The van der Waals surface area contributed by atoms with Gasteiger partial charge in [0.1, 0.15) is 0 Å². The molecule has 3 N–H and O–H groups in total. The molecule has 0 atom stereocenters. The van der Waals surface area contributed by atoms with Crippen molar-refractivity contribution in [2.45, 2.75) is 12.8 Å². The van der Waals surface area contributed by atoms with E-state index in [1.54, 1.807) is 42.5 Å². The molecule has 2 aromatic carbocycles. The van der Waals surface area contributed by atoms with Gasteiger partial charge in [-0.05, 0) is 29.3 Å². The molecule has 0 radical (unpaired) electrons. The van der Waals surface area contributed by atoms with Gasteiger partial charge >= 0.3 is 11.9 Å². The summed E-state index contributed by atoms with van der Waals surface area (Å²) < 4.78 is 0. The number of benzene rings is 2.